The highest BCUT2D eigenvalue weighted by Crippen LogP contribution is 2.58. The normalized spacial score (nSPS) is 22.3. The summed E-state index contributed by atoms with van der Waals surface area (Å²) in [6, 6.07) is 3.88. The highest BCUT2D eigenvalue weighted by atomic mass is 35.5. The van der Waals surface area contributed by atoms with Crippen molar-refractivity contribution in [3.63, 3.8) is 0 Å². The van der Waals surface area contributed by atoms with Gasteiger partial charge in [-0.25, -0.2) is 0 Å². The summed E-state index contributed by atoms with van der Waals surface area (Å²) >= 11 is 0. The Morgan fingerprint density at radius 3 is 2.60 bits per heavy atom. The zero-order valence-electron chi connectivity index (χ0n) is 11.3. The minimum atomic E-state index is 0. The zero-order valence-corrected chi connectivity index (χ0v) is 12.9. The molecule has 1 saturated heterocycles. The third-order valence-corrected chi connectivity index (χ3v) is 4.32. The maximum Gasteiger partial charge on any atom is 0.223 e. The molecule has 2 N–H and O–H groups in total. The van der Waals surface area contributed by atoms with Gasteiger partial charge in [-0.1, -0.05) is 0 Å². The van der Waals surface area contributed by atoms with Crippen molar-refractivity contribution < 1.29 is 4.79 Å². The lowest BCUT2D eigenvalue weighted by molar-refractivity contribution is -0.123. The topological polar surface area (TPSA) is 54.0 Å². The number of aromatic nitrogens is 1. The summed E-state index contributed by atoms with van der Waals surface area (Å²) in [5.41, 5.74) is 1.44. The fourth-order valence-electron chi connectivity index (χ4n) is 3.01. The van der Waals surface area contributed by atoms with E-state index in [1.807, 2.05) is 12.1 Å². The second-order valence-electron chi connectivity index (χ2n) is 5.44. The maximum atomic E-state index is 12.1. The number of nitrogens with one attached hydrogen (secondary N) is 2. The lowest BCUT2D eigenvalue weighted by atomic mass is 9.92. The molecule has 1 spiro atoms. The number of amides is 1. The quantitative estimate of drug-likeness (QED) is 0.895. The molecule has 1 aromatic heterocycles. The molecule has 1 aliphatic carbocycles. The van der Waals surface area contributed by atoms with E-state index in [2.05, 4.69) is 15.6 Å². The third-order valence-electron chi connectivity index (χ3n) is 4.32. The van der Waals surface area contributed by atoms with E-state index in [4.69, 9.17) is 0 Å². The maximum absolute atomic E-state index is 12.1. The van der Waals surface area contributed by atoms with Gasteiger partial charge in [0.1, 0.15) is 0 Å². The molecule has 1 aliphatic heterocycles. The molecule has 2 heterocycles. The summed E-state index contributed by atoms with van der Waals surface area (Å²) in [4.78, 5) is 16.1. The number of hydrogen-bond acceptors (Lipinski definition) is 3. The van der Waals surface area contributed by atoms with Gasteiger partial charge in [-0.15, -0.1) is 24.8 Å². The summed E-state index contributed by atoms with van der Waals surface area (Å²) in [7, 11) is 0. The fraction of sp³-hybridized carbons (Fsp3) is 0.571. The van der Waals surface area contributed by atoms with Crippen LogP contribution >= 0.6 is 24.8 Å². The smallest absolute Gasteiger partial charge is 0.223 e. The first-order chi connectivity index (χ1) is 8.80. The molecule has 1 unspecified atom stereocenters. The van der Waals surface area contributed by atoms with Gasteiger partial charge < -0.3 is 10.6 Å². The number of hydrogen-bond donors (Lipinski definition) is 2. The Hall–Kier alpha value is -0.840. The summed E-state index contributed by atoms with van der Waals surface area (Å²) in [5.74, 6) is 0.482. The Morgan fingerprint density at radius 1 is 1.30 bits per heavy atom. The highest BCUT2D eigenvalue weighted by Gasteiger charge is 2.57. The number of rotatable bonds is 3. The van der Waals surface area contributed by atoms with Crippen molar-refractivity contribution in [2.75, 3.05) is 13.1 Å². The number of halogens is 2. The predicted octanol–water partition coefficient (Wildman–Crippen LogP) is 1.93. The van der Waals surface area contributed by atoms with Gasteiger partial charge in [-0.05, 0) is 55.5 Å². The van der Waals surface area contributed by atoms with E-state index < -0.39 is 0 Å². The Bertz CT molecular complexity index is 435. The predicted molar refractivity (Wildman–Crippen MR) is 83.2 cm³/mol. The summed E-state index contributed by atoms with van der Waals surface area (Å²) < 4.78 is 0. The molecule has 4 nitrogen and oxygen atoms in total. The SMILES string of the molecule is Cl.Cl.O=C(NCc1ccncc1)C1CC12CCNCC2. The molecule has 0 aromatic carbocycles. The molecule has 0 bridgehead atoms. The lowest BCUT2D eigenvalue weighted by Crippen LogP contribution is -2.33. The molecule has 112 valence electrons. The molecule has 6 heteroatoms. The molecule has 1 saturated carbocycles. The van der Waals surface area contributed by atoms with Crippen LogP contribution in [-0.2, 0) is 11.3 Å². The van der Waals surface area contributed by atoms with E-state index in [9.17, 15) is 4.79 Å². The molecule has 1 aromatic rings. The Morgan fingerprint density at radius 2 is 1.95 bits per heavy atom. The fourth-order valence-corrected chi connectivity index (χ4v) is 3.01. The van der Waals surface area contributed by atoms with E-state index >= 15 is 0 Å². The number of piperidine rings is 1. The molecular weight excluding hydrogens is 297 g/mol. The minimum Gasteiger partial charge on any atom is -0.352 e. The van der Waals surface area contributed by atoms with E-state index in [1.165, 1.54) is 0 Å². The van der Waals surface area contributed by atoms with Crippen molar-refractivity contribution in [3.05, 3.63) is 30.1 Å². The van der Waals surface area contributed by atoms with Crippen LogP contribution in [0.1, 0.15) is 24.8 Å². The van der Waals surface area contributed by atoms with Crippen LogP contribution in [0.25, 0.3) is 0 Å². The zero-order chi connectivity index (χ0) is 12.4. The Labute approximate surface area is 131 Å². The molecule has 20 heavy (non-hydrogen) atoms. The van der Waals surface area contributed by atoms with Gasteiger partial charge in [0.15, 0.2) is 0 Å². The van der Waals surface area contributed by atoms with Gasteiger partial charge in [-0.2, -0.15) is 0 Å². The van der Waals surface area contributed by atoms with Crippen LogP contribution < -0.4 is 10.6 Å². The minimum absolute atomic E-state index is 0. The average molecular weight is 318 g/mol. The van der Waals surface area contributed by atoms with Crippen LogP contribution in [0.15, 0.2) is 24.5 Å². The molecule has 1 atom stereocenters. The molecule has 3 rings (SSSR count). The van der Waals surface area contributed by atoms with Crippen molar-refractivity contribution in [1.29, 1.82) is 0 Å². The van der Waals surface area contributed by atoms with Crippen molar-refractivity contribution in [1.82, 2.24) is 15.6 Å². The number of nitrogens with zero attached hydrogens (tertiary/aromatic N) is 1. The number of carbonyl (C=O) groups is 1. The molecule has 2 fully saturated rings. The monoisotopic (exact) mass is 317 g/mol. The van der Waals surface area contributed by atoms with Crippen molar-refractivity contribution >= 4 is 30.7 Å². The molecule has 0 radical (unpaired) electrons. The van der Waals surface area contributed by atoms with Crippen molar-refractivity contribution in [3.8, 4) is 0 Å². The van der Waals surface area contributed by atoms with E-state index in [-0.39, 0.29) is 36.6 Å². The first kappa shape index (κ1) is 17.2. The Kier molecular flexibility index (Phi) is 6.24. The summed E-state index contributed by atoms with van der Waals surface area (Å²) in [6.45, 7) is 2.74. The van der Waals surface area contributed by atoms with Crippen molar-refractivity contribution in [2.45, 2.75) is 25.8 Å². The van der Waals surface area contributed by atoms with Gasteiger partial charge in [0.2, 0.25) is 5.91 Å². The molecular formula is C14H21Cl2N3O. The van der Waals surface area contributed by atoms with Crippen LogP contribution in [-0.4, -0.2) is 24.0 Å². The van der Waals surface area contributed by atoms with Gasteiger partial charge in [0.05, 0.1) is 0 Å². The van der Waals surface area contributed by atoms with Crippen LogP contribution in [0, 0.1) is 11.3 Å². The standard InChI is InChI=1S/C14H19N3O.2ClH/c18-13(17-10-11-1-5-15-6-2-11)12-9-14(12)3-7-16-8-4-14;;/h1-2,5-6,12,16H,3-4,7-10H2,(H,17,18);2*1H. The molecule has 1 amide bonds. The highest BCUT2D eigenvalue weighted by molar-refractivity contribution is 5.85. The van der Waals surface area contributed by atoms with Crippen molar-refractivity contribution in [2.24, 2.45) is 11.3 Å². The van der Waals surface area contributed by atoms with Crippen LogP contribution in [0.5, 0.6) is 0 Å². The van der Waals surface area contributed by atoms with E-state index in [0.717, 1.165) is 37.9 Å². The first-order valence-corrected chi connectivity index (χ1v) is 6.68. The lowest BCUT2D eigenvalue weighted by Gasteiger charge is -2.23. The van der Waals surface area contributed by atoms with Gasteiger partial charge in [-0.3, -0.25) is 9.78 Å². The van der Waals surface area contributed by atoms with Crippen LogP contribution in [0.4, 0.5) is 0 Å². The van der Waals surface area contributed by atoms with Gasteiger partial charge in [0, 0.05) is 24.9 Å². The Balaban J connectivity index is 0.000001000. The largest absolute Gasteiger partial charge is 0.352 e. The van der Waals surface area contributed by atoms with E-state index in [1.54, 1.807) is 12.4 Å². The number of carbonyl (C=O) groups excluding carboxylic acids is 1. The number of pyridine rings is 1. The molecule has 2 aliphatic rings. The third kappa shape index (κ3) is 3.62. The first-order valence-electron chi connectivity index (χ1n) is 6.68. The van der Waals surface area contributed by atoms with Gasteiger partial charge in [0.25, 0.3) is 0 Å². The second kappa shape index (κ2) is 7.25. The van der Waals surface area contributed by atoms with Crippen LogP contribution in [0.2, 0.25) is 0 Å². The van der Waals surface area contributed by atoms with E-state index in [0.29, 0.717) is 12.0 Å². The summed E-state index contributed by atoms with van der Waals surface area (Å²) in [6.07, 6.45) is 6.90. The van der Waals surface area contributed by atoms with Gasteiger partial charge >= 0.3 is 0 Å². The second-order valence-corrected chi connectivity index (χ2v) is 5.44. The average Bonchev–Trinajstić information content (AvgIpc) is 3.12. The van der Waals surface area contributed by atoms with Crippen LogP contribution in [0.3, 0.4) is 0 Å². The summed E-state index contributed by atoms with van der Waals surface area (Å²) in [5, 5.41) is 6.40.